The molecule has 140 valence electrons. The third-order valence-corrected chi connectivity index (χ3v) is 3.99. The molecule has 0 aliphatic heterocycles. The first-order valence-corrected chi connectivity index (χ1v) is 8.52. The van der Waals surface area contributed by atoms with Crippen molar-refractivity contribution < 1.29 is 9.59 Å². The zero-order valence-corrected chi connectivity index (χ0v) is 15.1. The van der Waals surface area contributed by atoms with Crippen LogP contribution in [0.4, 0.5) is 11.5 Å². The number of nitrogen functional groups attached to an aromatic ring is 1. The molecule has 4 N–H and O–H groups in total. The summed E-state index contributed by atoms with van der Waals surface area (Å²) in [5.41, 5.74) is 8.54. The van der Waals surface area contributed by atoms with E-state index in [0.717, 1.165) is 5.56 Å². The van der Waals surface area contributed by atoms with Crippen LogP contribution in [0, 0.1) is 0 Å². The van der Waals surface area contributed by atoms with Crippen LogP contribution in [0.25, 0.3) is 5.57 Å². The minimum Gasteiger partial charge on any atom is -0.384 e. The van der Waals surface area contributed by atoms with Crippen LogP contribution in [0.15, 0.2) is 73.7 Å². The molecule has 0 bridgehead atoms. The molecule has 3 rings (SSSR count). The summed E-state index contributed by atoms with van der Waals surface area (Å²) >= 11 is 0. The first-order chi connectivity index (χ1) is 13.5. The Hall–Kier alpha value is -4.00. The summed E-state index contributed by atoms with van der Waals surface area (Å²) in [5.74, 6) is -0.201. The fourth-order valence-electron chi connectivity index (χ4n) is 2.46. The molecular weight excluding hydrogens is 354 g/mol. The summed E-state index contributed by atoms with van der Waals surface area (Å²) in [7, 11) is 0. The van der Waals surface area contributed by atoms with Gasteiger partial charge in [0.1, 0.15) is 5.82 Å². The number of rotatable bonds is 6. The van der Waals surface area contributed by atoms with Gasteiger partial charge in [0.05, 0.1) is 0 Å². The lowest BCUT2D eigenvalue weighted by Gasteiger charge is -2.09. The van der Waals surface area contributed by atoms with E-state index in [1.165, 1.54) is 6.20 Å². The van der Waals surface area contributed by atoms with Crippen molar-refractivity contribution >= 4 is 28.9 Å². The van der Waals surface area contributed by atoms with Gasteiger partial charge in [-0.2, -0.15) is 0 Å². The summed E-state index contributed by atoms with van der Waals surface area (Å²) in [5, 5.41) is 5.56. The van der Waals surface area contributed by atoms with Crippen molar-refractivity contribution in [2.24, 2.45) is 0 Å². The first kappa shape index (κ1) is 18.8. The average molecular weight is 373 g/mol. The lowest BCUT2D eigenvalue weighted by molar-refractivity contribution is -0.115. The van der Waals surface area contributed by atoms with Gasteiger partial charge in [0.2, 0.25) is 0 Å². The third kappa shape index (κ3) is 4.79. The van der Waals surface area contributed by atoms with Crippen LogP contribution in [0.1, 0.15) is 21.5 Å². The van der Waals surface area contributed by atoms with Gasteiger partial charge < -0.3 is 16.4 Å². The second-order valence-electron chi connectivity index (χ2n) is 6.02. The van der Waals surface area contributed by atoms with E-state index in [1.807, 2.05) is 0 Å². The molecule has 0 aliphatic carbocycles. The van der Waals surface area contributed by atoms with Crippen LogP contribution in [0.3, 0.4) is 0 Å². The molecular formula is C21H19N5O2. The highest BCUT2D eigenvalue weighted by Crippen LogP contribution is 2.13. The maximum Gasteiger partial charge on any atom is 0.255 e. The minimum absolute atomic E-state index is 0.258. The third-order valence-electron chi connectivity index (χ3n) is 3.99. The number of amides is 2. The van der Waals surface area contributed by atoms with Gasteiger partial charge in [-0.15, -0.1) is 0 Å². The van der Waals surface area contributed by atoms with E-state index in [4.69, 9.17) is 5.73 Å². The van der Waals surface area contributed by atoms with Gasteiger partial charge in [-0.25, -0.2) is 4.98 Å². The minimum atomic E-state index is -0.273. The number of nitrogens with zero attached hydrogens (tertiary/aromatic N) is 2. The fourth-order valence-corrected chi connectivity index (χ4v) is 2.46. The van der Waals surface area contributed by atoms with Gasteiger partial charge in [-0.3, -0.25) is 14.6 Å². The van der Waals surface area contributed by atoms with E-state index in [2.05, 4.69) is 27.2 Å². The molecule has 0 fully saturated rings. The number of pyridine rings is 2. The first-order valence-electron chi connectivity index (χ1n) is 8.52. The zero-order valence-electron chi connectivity index (χ0n) is 15.1. The van der Waals surface area contributed by atoms with Crippen LogP contribution < -0.4 is 16.4 Å². The Bertz CT molecular complexity index is 1000. The molecule has 0 unspecified atom stereocenters. The summed E-state index contributed by atoms with van der Waals surface area (Å²) in [4.78, 5) is 32.4. The topological polar surface area (TPSA) is 110 Å². The molecule has 7 nitrogen and oxygen atoms in total. The van der Waals surface area contributed by atoms with Crippen molar-refractivity contribution in [2.75, 3.05) is 11.1 Å². The number of carbonyl (C=O) groups excluding carboxylic acids is 2. The number of hydrogen-bond acceptors (Lipinski definition) is 5. The Morgan fingerprint density at radius 3 is 2.50 bits per heavy atom. The maximum atomic E-state index is 12.3. The quantitative estimate of drug-likeness (QED) is 0.576. The monoisotopic (exact) mass is 373 g/mol. The van der Waals surface area contributed by atoms with Crippen LogP contribution in [0.2, 0.25) is 0 Å². The van der Waals surface area contributed by atoms with Crippen molar-refractivity contribution in [3.8, 4) is 0 Å². The number of nitrogens with one attached hydrogen (secondary N) is 2. The summed E-state index contributed by atoms with van der Waals surface area (Å²) in [6.45, 7) is 4.12. The molecule has 0 saturated heterocycles. The molecule has 28 heavy (non-hydrogen) atoms. The zero-order chi connectivity index (χ0) is 19.9. The molecule has 0 spiro atoms. The van der Waals surface area contributed by atoms with Crippen LogP contribution in [0.5, 0.6) is 0 Å². The maximum absolute atomic E-state index is 12.3. The number of anilines is 2. The molecule has 2 aromatic heterocycles. The predicted molar refractivity (Wildman–Crippen MR) is 108 cm³/mol. The molecule has 2 amide bonds. The standard InChI is InChI=1S/C21H19N5O2/c1-14(17-3-2-9-23-13-17)20(27)25-12-15-4-6-16(7-5-15)21(28)26-18-8-10-24-19(22)11-18/h2-11,13H,1,12H2,(H,25,27)(H3,22,24,26,28). The fraction of sp³-hybridized carbons (Fsp3) is 0.0476. The lowest BCUT2D eigenvalue weighted by atomic mass is 10.1. The molecule has 0 saturated carbocycles. The van der Waals surface area contributed by atoms with Gasteiger partial charge >= 0.3 is 0 Å². The highest BCUT2D eigenvalue weighted by Gasteiger charge is 2.10. The number of benzene rings is 1. The number of nitrogens with two attached hydrogens (primary N) is 1. The van der Waals surface area contributed by atoms with Crippen molar-refractivity contribution in [2.45, 2.75) is 6.54 Å². The molecule has 0 radical (unpaired) electrons. The van der Waals surface area contributed by atoms with E-state index < -0.39 is 0 Å². The summed E-state index contributed by atoms with van der Waals surface area (Å²) < 4.78 is 0. The van der Waals surface area contributed by atoms with Crippen LogP contribution >= 0.6 is 0 Å². The Labute approximate surface area is 162 Å². The smallest absolute Gasteiger partial charge is 0.255 e. The van der Waals surface area contributed by atoms with Gasteiger partial charge in [0.15, 0.2) is 0 Å². The highest BCUT2D eigenvalue weighted by molar-refractivity contribution is 6.18. The summed E-state index contributed by atoms with van der Waals surface area (Å²) in [6.07, 6.45) is 4.75. The van der Waals surface area contributed by atoms with Crippen molar-refractivity contribution in [3.63, 3.8) is 0 Å². The van der Waals surface area contributed by atoms with Gasteiger partial charge in [0, 0.05) is 53.6 Å². The van der Waals surface area contributed by atoms with E-state index in [1.54, 1.807) is 60.9 Å². The van der Waals surface area contributed by atoms with E-state index in [9.17, 15) is 9.59 Å². The van der Waals surface area contributed by atoms with Crippen molar-refractivity contribution in [1.29, 1.82) is 0 Å². The molecule has 0 aliphatic rings. The largest absolute Gasteiger partial charge is 0.384 e. The molecule has 3 aromatic rings. The lowest BCUT2D eigenvalue weighted by Crippen LogP contribution is -2.23. The Kier molecular flexibility index (Phi) is 5.76. The summed E-state index contributed by atoms with van der Waals surface area (Å²) in [6, 6.07) is 13.7. The average Bonchev–Trinajstić information content (AvgIpc) is 2.72. The SMILES string of the molecule is C=C(C(=O)NCc1ccc(C(=O)Nc2ccnc(N)c2)cc1)c1cccnc1. The van der Waals surface area contributed by atoms with E-state index in [-0.39, 0.29) is 11.8 Å². The van der Waals surface area contributed by atoms with E-state index >= 15 is 0 Å². The van der Waals surface area contributed by atoms with E-state index in [0.29, 0.717) is 34.8 Å². The van der Waals surface area contributed by atoms with Crippen molar-refractivity contribution in [3.05, 3.63) is 90.4 Å². The normalized spacial score (nSPS) is 10.1. The molecule has 2 heterocycles. The molecule has 0 atom stereocenters. The Morgan fingerprint density at radius 1 is 1.04 bits per heavy atom. The number of carbonyl (C=O) groups is 2. The Morgan fingerprint density at radius 2 is 1.82 bits per heavy atom. The predicted octanol–water partition coefficient (Wildman–Crippen LogP) is 2.64. The molecule has 1 aromatic carbocycles. The highest BCUT2D eigenvalue weighted by atomic mass is 16.2. The second kappa shape index (κ2) is 8.59. The van der Waals surface area contributed by atoms with Gasteiger partial charge in [-0.05, 0) is 29.8 Å². The van der Waals surface area contributed by atoms with Crippen molar-refractivity contribution in [1.82, 2.24) is 15.3 Å². The van der Waals surface area contributed by atoms with Gasteiger partial charge in [0.25, 0.3) is 11.8 Å². The van der Waals surface area contributed by atoms with Gasteiger partial charge in [-0.1, -0.05) is 24.8 Å². The number of hydrogen-bond donors (Lipinski definition) is 3. The Balaban J connectivity index is 1.56. The second-order valence-corrected chi connectivity index (χ2v) is 6.02. The van der Waals surface area contributed by atoms with Crippen LogP contribution in [-0.2, 0) is 11.3 Å². The van der Waals surface area contributed by atoms with Crippen LogP contribution in [-0.4, -0.2) is 21.8 Å². The number of aromatic nitrogens is 2. The molecule has 7 heteroatoms.